The molecule has 2 aromatic rings. The van der Waals surface area contributed by atoms with Crippen LogP contribution in [0.2, 0.25) is 0 Å². The van der Waals surface area contributed by atoms with Crippen LogP contribution in [0.4, 0.5) is 0 Å². The van der Waals surface area contributed by atoms with Crippen LogP contribution in [0.15, 0.2) is 51.7 Å². The Labute approximate surface area is 160 Å². The minimum absolute atomic E-state index is 0.00951. The molecule has 4 nitrogen and oxygen atoms in total. The summed E-state index contributed by atoms with van der Waals surface area (Å²) in [7, 11) is 0. The zero-order valence-corrected chi connectivity index (χ0v) is 16.4. The van der Waals surface area contributed by atoms with Gasteiger partial charge in [-0.25, -0.2) is 4.79 Å². The first-order valence-electron chi connectivity index (χ1n) is 9.63. The SMILES string of the molecule is C=C1CCC(C)[C@](C)(CCC(C)=O)[C@H]1COc1ccc2ccc(=O)oc2c1. The van der Waals surface area contributed by atoms with Crippen LogP contribution >= 0.6 is 0 Å². The van der Waals surface area contributed by atoms with E-state index in [0.29, 0.717) is 30.3 Å². The summed E-state index contributed by atoms with van der Waals surface area (Å²) in [5, 5.41) is 0.865. The second-order valence-corrected chi connectivity index (χ2v) is 8.12. The van der Waals surface area contributed by atoms with Gasteiger partial charge in [-0.2, -0.15) is 0 Å². The number of benzene rings is 1. The van der Waals surface area contributed by atoms with E-state index >= 15 is 0 Å². The van der Waals surface area contributed by atoms with Gasteiger partial charge in [0.2, 0.25) is 0 Å². The van der Waals surface area contributed by atoms with Crippen molar-refractivity contribution in [3.05, 3.63) is 52.9 Å². The van der Waals surface area contributed by atoms with Crippen LogP contribution in [0.3, 0.4) is 0 Å². The minimum atomic E-state index is -0.369. The second kappa shape index (κ2) is 7.71. The monoisotopic (exact) mass is 368 g/mol. The predicted molar refractivity (Wildman–Crippen MR) is 107 cm³/mol. The number of ether oxygens (including phenoxy) is 1. The Hall–Kier alpha value is -2.36. The Morgan fingerprint density at radius 2 is 2.07 bits per heavy atom. The van der Waals surface area contributed by atoms with E-state index in [1.165, 1.54) is 11.6 Å². The molecule has 0 amide bonds. The number of Topliss-reactive ketones (excluding diaryl/α,β-unsaturated/α-hetero) is 1. The highest BCUT2D eigenvalue weighted by molar-refractivity contribution is 5.77. The Bertz CT molecular complexity index is 910. The molecule has 1 fully saturated rings. The first-order valence-corrected chi connectivity index (χ1v) is 9.63. The lowest BCUT2D eigenvalue weighted by atomic mass is 9.58. The molecule has 1 saturated carbocycles. The predicted octanol–water partition coefficient (Wildman–Crippen LogP) is 5.15. The fourth-order valence-electron chi connectivity index (χ4n) is 4.20. The average Bonchev–Trinajstić information content (AvgIpc) is 2.63. The molecule has 1 aromatic carbocycles. The molecule has 1 aliphatic carbocycles. The molecule has 0 saturated heterocycles. The summed E-state index contributed by atoms with van der Waals surface area (Å²) in [5.74, 6) is 1.60. The van der Waals surface area contributed by atoms with Gasteiger partial charge in [-0.05, 0) is 55.7 Å². The molecule has 0 spiro atoms. The highest BCUT2D eigenvalue weighted by atomic mass is 16.5. The molecule has 1 aliphatic rings. The maximum atomic E-state index is 11.6. The third-order valence-corrected chi connectivity index (χ3v) is 6.34. The van der Waals surface area contributed by atoms with Gasteiger partial charge in [0.05, 0.1) is 6.61 Å². The summed E-state index contributed by atoms with van der Waals surface area (Å²) in [6.45, 7) is 11.0. The maximum Gasteiger partial charge on any atom is 0.336 e. The summed E-state index contributed by atoms with van der Waals surface area (Å²) in [6, 6.07) is 8.70. The smallest absolute Gasteiger partial charge is 0.336 e. The molecule has 1 heterocycles. The van der Waals surface area contributed by atoms with Crippen molar-refractivity contribution >= 4 is 16.8 Å². The zero-order valence-electron chi connectivity index (χ0n) is 16.4. The fraction of sp³-hybridized carbons (Fsp3) is 0.478. The lowest BCUT2D eigenvalue weighted by molar-refractivity contribution is -0.118. The van der Waals surface area contributed by atoms with Crippen LogP contribution in [0.25, 0.3) is 11.0 Å². The molecule has 1 aromatic heterocycles. The van der Waals surface area contributed by atoms with Gasteiger partial charge in [0, 0.05) is 29.9 Å². The van der Waals surface area contributed by atoms with E-state index < -0.39 is 0 Å². The molecule has 0 aliphatic heterocycles. The molecule has 27 heavy (non-hydrogen) atoms. The molecular weight excluding hydrogens is 340 g/mol. The highest BCUT2D eigenvalue weighted by Crippen LogP contribution is 2.50. The molecule has 4 heteroatoms. The Kier molecular flexibility index (Phi) is 5.54. The Balaban J connectivity index is 1.79. The van der Waals surface area contributed by atoms with Crippen molar-refractivity contribution in [1.29, 1.82) is 0 Å². The maximum absolute atomic E-state index is 11.6. The molecule has 3 atom stereocenters. The van der Waals surface area contributed by atoms with Crippen molar-refractivity contribution in [2.45, 2.75) is 46.5 Å². The fourth-order valence-corrected chi connectivity index (χ4v) is 4.20. The van der Waals surface area contributed by atoms with Crippen molar-refractivity contribution in [2.75, 3.05) is 6.61 Å². The van der Waals surface area contributed by atoms with E-state index in [1.807, 2.05) is 12.1 Å². The number of carbonyl (C=O) groups is 1. The van der Waals surface area contributed by atoms with Crippen molar-refractivity contribution < 1.29 is 13.9 Å². The van der Waals surface area contributed by atoms with E-state index in [9.17, 15) is 9.59 Å². The van der Waals surface area contributed by atoms with Crippen molar-refractivity contribution in [3.63, 3.8) is 0 Å². The minimum Gasteiger partial charge on any atom is -0.493 e. The van der Waals surface area contributed by atoms with Crippen LogP contribution < -0.4 is 10.4 Å². The first-order chi connectivity index (χ1) is 12.8. The normalized spacial score (nSPS) is 25.5. The van der Waals surface area contributed by atoms with Gasteiger partial charge in [-0.1, -0.05) is 26.0 Å². The molecule has 0 radical (unpaired) electrons. The molecule has 144 valence electrons. The summed E-state index contributed by atoms with van der Waals surface area (Å²) in [5.41, 5.74) is 1.34. The third kappa shape index (κ3) is 4.15. The number of fused-ring (bicyclic) bond motifs is 1. The largest absolute Gasteiger partial charge is 0.493 e. The van der Waals surface area contributed by atoms with E-state index in [-0.39, 0.29) is 22.7 Å². The summed E-state index contributed by atoms with van der Waals surface area (Å²) in [6.07, 6.45) is 3.54. The van der Waals surface area contributed by atoms with E-state index in [4.69, 9.17) is 9.15 Å². The average molecular weight is 368 g/mol. The molecule has 3 rings (SSSR count). The number of ketones is 1. The number of rotatable bonds is 6. The van der Waals surface area contributed by atoms with Crippen molar-refractivity contribution in [3.8, 4) is 5.75 Å². The molecular formula is C23H28O4. The second-order valence-electron chi connectivity index (χ2n) is 8.12. The summed E-state index contributed by atoms with van der Waals surface area (Å²) >= 11 is 0. The van der Waals surface area contributed by atoms with Crippen LogP contribution in [0, 0.1) is 17.3 Å². The van der Waals surface area contributed by atoms with Crippen LogP contribution in [0.5, 0.6) is 5.75 Å². The van der Waals surface area contributed by atoms with Gasteiger partial charge in [-0.15, -0.1) is 0 Å². The Morgan fingerprint density at radius 1 is 1.33 bits per heavy atom. The van der Waals surface area contributed by atoms with E-state index in [2.05, 4.69) is 20.4 Å². The van der Waals surface area contributed by atoms with Gasteiger partial charge in [0.1, 0.15) is 17.1 Å². The van der Waals surface area contributed by atoms with Gasteiger partial charge in [-0.3, -0.25) is 0 Å². The number of hydrogen-bond donors (Lipinski definition) is 0. The van der Waals surface area contributed by atoms with Crippen LogP contribution in [0.1, 0.15) is 46.5 Å². The quantitative estimate of drug-likeness (QED) is 0.523. The lowest BCUT2D eigenvalue weighted by Gasteiger charge is -2.47. The molecule has 1 unspecified atom stereocenters. The van der Waals surface area contributed by atoms with Gasteiger partial charge < -0.3 is 13.9 Å². The van der Waals surface area contributed by atoms with Crippen molar-refractivity contribution in [1.82, 2.24) is 0 Å². The number of carbonyl (C=O) groups excluding carboxylic acids is 1. The van der Waals surface area contributed by atoms with Gasteiger partial charge in [0.15, 0.2) is 0 Å². The van der Waals surface area contributed by atoms with E-state index in [1.54, 1.807) is 19.1 Å². The number of hydrogen-bond acceptors (Lipinski definition) is 4. The first kappa shape index (κ1) is 19.4. The Morgan fingerprint density at radius 3 is 2.81 bits per heavy atom. The standard InChI is InChI=1S/C23H28O4/c1-15-5-6-16(2)23(4,12-11-17(3)24)20(15)14-26-19-9-7-18-8-10-22(25)27-21(18)13-19/h7-10,13,16,20H,1,5-6,11-12,14H2,2-4H3/t16?,20-,23-/m0/s1. The van der Waals surface area contributed by atoms with Gasteiger partial charge in [0.25, 0.3) is 0 Å². The van der Waals surface area contributed by atoms with Crippen LogP contribution in [-0.2, 0) is 4.79 Å². The van der Waals surface area contributed by atoms with Gasteiger partial charge >= 0.3 is 5.63 Å². The zero-order chi connectivity index (χ0) is 19.6. The van der Waals surface area contributed by atoms with Crippen LogP contribution in [-0.4, -0.2) is 12.4 Å². The summed E-state index contributed by atoms with van der Waals surface area (Å²) < 4.78 is 11.4. The topological polar surface area (TPSA) is 56.5 Å². The third-order valence-electron chi connectivity index (χ3n) is 6.34. The highest BCUT2D eigenvalue weighted by Gasteiger charge is 2.43. The molecule has 0 N–H and O–H groups in total. The van der Waals surface area contributed by atoms with E-state index in [0.717, 1.165) is 24.6 Å². The molecule has 0 bridgehead atoms. The van der Waals surface area contributed by atoms with Crippen molar-refractivity contribution in [2.24, 2.45) is 17.3 Å². The lowest BCUT2D eigenvalue weighted by Crippen LogP contribution is -2.42. The summed E-state index contributed by atoms with van der Waals surface area (Å²) in [4.78, 5) is 23.0.